The molecule has 0 fully saturated rings. The number of aryl methyl sites for hydroxylation is 1. The zero-order valence-corrected chi connectivity index (χ0v) is 10.7. The Bertz CT molecular complexity index is 633. The number of carbonyl (C=O) groups is 2. The highest BCUT2D eigenvalue weighted by Crippen LogP contribution is 2.20. The predicted molar refractivity (Wildman–Crippen MR) is 70.6 cm³/mol. The van der Waals surface area contributed by atoms with E-state index in [1.54, 1.807) is 11.6 Å². The highest BCUT2D eigenvalue weighted by molar-refractivity contribution is 6.06. The van der Waals surface area contributed by atoms with Crippen molar-refractivity contribution in [3.05, 3.63) is 42.5 Å². The molecule has 0 aliphatic heterocycles. The van der Waals surface area contributed by atoms with Crippen LogP contribution in [0.3, 0.4) is 0 Å². The summed E-state index contributed by atoms with van der Waals surface area (Å²) in [5.74, 6) is -1.62. The molecule has 0 radical (unpaired) electrons. The summed E-state index contributed by atoms with van der Waals surface area (Å²) in [6.45, 7) is -0.486. The van der Waals surface area contributed by atoms with Gasteiger partial charge in [0.05, 0.1) is 6.33 Å². The van der Waals surface area contributed by atoms with Crippen LogP contribution in [0.1, 0.15) is 10.5 Å². The normalized spacial score (nSPS) is 10.2. The Hall–Kier alpha value is -2.83. The van der Waals surface area contributed by atoms with Crippen LogP contribution in [0.5, 0.6) is 5.75 Å². The number of phenolic OH excluding ortho intramolecular Hbond substituents is 1. The molecule has 1 amide bonds. The van der Waals surface area contributed by atoms with Crippen LogP contribution < -0.4 is 4.90 Å². The molecule has 0 aliphatic carbocycles. The molecule has 1 heterocycles. The molecule has 1 aromatic heterocycles. The molecule has 20 heavy (non-hydrogen) atoms. The number of imidazole rings is 1. The van der Waals surface area contributed by atoms with Crippen molar-refractivity contribution in [2.24, 2.45) is 7.05 Å². The van der Waals surface area contributed by atoms with Gasteiger partial charge in [-0.3, -0.25) is 14.5 Å². The number of aromatic nitrogens is 2. The largest absolute Gasteiger partial charge is 0.508 e. The molecule has 0 saturated heterocycles. The SMILES string of the molecule is Cn1cnc(C(=O)N(CC(=O)O)c2ccc(O)cc2)c1. The molecule has 0 saturated carbocycles. The highest BCUT2D eigenvalue weighted by Gasteiger charge is 2.22. The molecular formula is C13H13N3O4. The monoisotopic (exact) mass is 275 g/mol. The molecular weight excluding hydrogens is 262 g/mol. The first kappa shape index (κ1) is 13.6. The maximum absolute atomic E-state index is 12.3. The van der Waals surface area contributed by atoms with Gasteiger partial charge in [-0.15, -0.1) is 0 Å². The van der Waals surface area contributed by atoms with Gasteiger partial charge in [-0.2, -0.15) is 0 Å². The number of carboxylic acid groups (broad SMARTS) is 1. The van der Waals surface area contributed by atoms with Crippen LogP contribution in [0.2, 0.25) is 0 Å². The van der Waals surface area contributed by atoms with Crippen LogP contribution in [0, 0.1) is 0 Å². The Balaban J connectivity index is 2.34. The third-order valence-corrected chi connectivity index (χ3v) is 2.62. The lowest BCUT2D eigenvalue weighted by molar-refractivity contribution is -0.135. The molecule has 7 heteroatoms. The second-order valence-electron chi connectivity index (χ2n) is 4.23. The number of aliphatic carboxylic acids is 1. The number of carbonyl (C=O) groups excluding carboxylic acids is 1. The second kappa shape index (κ2) is 5.43. The average molecular weight is 275 g/mol. The van der Waals surface area contributed by atoms with Crippen molar-refractivity contribution in [2.75, 3.05) is 11.4 Å². The zero-order chi connectivity index (χ0) is 14.7. The zero-order valence-electron chi connectivity index (χ0n) is 10.7. The number of phenols is 1. The maximum Gasteiger partial charge on any atom is 0.323 e. The van der Waals surface area contributed by atoms with Gasteiger partial charge in [0, 0.05) is 18.9 Å². The summed E-state index contributed by atoms with van der Waals surface area (Å²) in [5, 5.41) is 18.2. The first-order valence-corrected chi connectivity index (χ1v) is 5.78. The maximum atomic E-state index is 12.3. The Kier molecular flexibility index (Phi) is 3.69. The van der Waals surface area contributed by atoms with E-state index in [0.717, 1.165) is 4.90 Å². The fourth-order valence-electron chi connectivity index (χ4n) is 1.71. The lowest BCUT2D eigenvalue weighted by Gasteiger charge is -2.19. The van der Waals surface area contributed by atoms with E-state index in [1.807, 2.05) is 0 Å². The fourth-order valence-corrected chi connectivity index (χ4v) is 1.71. The number of aromatic hydroxyl groups is 1. The number of hydrogen-bond acceptors (Lipinski definition) is 4. The number of nitrogens with zero attached hydrogens (tertiary/aromatic N) is 3. The Labute approximate surface area is 114 Å². The summed E-state index contributed by atoms with van der Waals surface area (Å²) in [7, 11) is 1.71. The average Bonchev–Trinajstić information content (AvgIpc) is 2.83. The summed E-state index contributed by atoms with van der Waals surface area (Å²) in [6.07, 6.45) is 2.97. The Morgan fingerprint density at radius 3 is 2.45 bits per heavy atom. The molecule has 0 atom stereocenters. The Morgan fingerprint density at radius 2 is 1.95 bits per heavy atom. The predicted octanol–water partition coefficient (Wildman–Crippen LogP) is 0.857. The fraction of sp³-hybridized carbons (Fsp3) is 0.154. The van der Waals surface area contributed by atoms with E-state index in [0.29, 0.717) is 5.69 Å². The third-order valence-electron chi connectivity index (χ3n) is 2.62. The van der Waals surface area contributed by atoms with Gasteiger partial charge in [-0.05, 0) is 24.3 Å². The van der Waals surface area contributed by atoms with E-state index >= 15 is 0 Å². The van der Waals surface area contributed by atoms with Crippen molar-refractivity contribution < 1.29 is 19.8 Å². The first-order valence-electron chi connectivity index (χ1n) is 5.78. The third kappa shape index (κ3) is 2.94. The molecule has 104 valence electrons. The van der Waals surface area contributed by atoms with Crippen LogP contribution in [0.15, 0.2) is 36.8 Å². The van der Waals surface area contributed by atoms with Gasteiger partial charge < -0.3 is 14.8 Å². The van der Waals surface area contributed by atoms with Crippen LogP contribution in [0.4, 0.5) is 5.69 Å². The number of hydrogen-bond donors (Lipinski definition) is 2. The second-order valence-corrected chi connectivity index (χ2v) is 4.23. The minimum atomic E-state index is -1.14. The van der Waals surface area contributed by atoms with Crippen molar-refractivity contribution in [1.82, 2.24) is 9.55 Å². The molecule has 0 unspecified atom stereocenters. The van der Waals surface area contributed by atoms with Crippen molar-refractivity contribution in [1.29, 1.82) is 0 Å². The molecule has 7 nitrogen and oxygen atoms in total. The summed E-state index contributed by atoms with van der Waals surface area (Å²) < 4.78 is 1.60. The van der Waals surface area contributed by atoms with Crippen LogP contribution in [-0.2, 0) is 11.8 Å². The molecule has 2 aromatic rings. The highest BCUT2D eigenvalue weighted by atomic mass is 16.4. The van der Waals surface area contributed by atoms with Gasteiger partial charge in [-0.25, -0.2) is 4.98 Å². The molecule has 2 N–H and O–H groups in total. The van der Waals surface area contributed by atoms with E-state index in [4.69, 9.17) is 5.11 Å². The van der Waals surface area contributed by atoms with Crippen molar-refractivity contribution >= 4 is 17.6 Å². The lowest BCUT2D eigenvalue weighted by atomic mass is 10.2. The summed E-state index contributed by atoms with van der Waals surface area (Å²) in [4.78, 5) is 28.2. The minimum Gasteiger partial charge on any atom is -0.508 e. The number of amides is 1. The van der Waals surface area contributed by atoms with Crippen LogP contribution >= 0.6 is 0 Å². The number of carboxylic acids is 1. The van der Waals surface area contributed by atoms with Gasteiger partial charge in [0.1, 0.15) is 18.0 Å². The van der Waals surface area contributed by atoms with Crippen molar-refractivity contribution in [3.63, 3.8) is 0 Å². The molecule has 0 aliphatic rings. The van der Waals surface area contributed by atoms with Crippen molar-refractivity contribution in [3.8, 4) is 5.75 Å². The first-order chi connectivity index (χ1) is 9.47. The quantitative estimate of drug-likeness (QED) is 0.862. The number of rotatable bonds is 4. The topological polar surface area (TPSA) is 95.7 Å². The minimum absolute atomic E-state index is 0.0364. The van der Waals surface area contributed by atoms with E-state index in [9.17, 15) is 14.7 Å². The van der Waals surface area contributed by atoms with Gasteiger partial charge in [0.15, 0.2) is 0 Å². The summed E-state index contributed by atoms with van der Waals surface area (Å²) >= 11 is 0. The van der Waals surface area contributed by atoms with E-state index in [2.05, 4.69) is 4.98 Å². The van der Waals surface area contributed by atoms with Gasteiger partial charge >= 0.3 is 5.97 Å². The van der Waals surface area contributed by atoms with E-state index < -0.39 is 18.4 Å². The van der Waals surface area contributed by atoms with Gasteiger partial charge in [0.25, 0.3) is 5.91 Å². The standard InChI is InChI=1S/C13H13N3O4/c1-15-6-11(14-8-15)13(20)16(7-12(18)19)9-2-4-10(17)5-3-9/h2-6,8,17H,7H2,1H3,(H,18,19). The number of benzene rings is 1. The van der Waals surface area contributed by atoms with Crippen LogP contribution in [-0.4, -0.2) is 38.2 Å². The van der Waals surface area contributed by atoms with E-state index in [1.165, 1.54) is 36.8 Å². The van der Waals surface area contributed by atoms with Gasteiger partial charge in [-0.1, -0.05) is 0 Å². The Morgan fingerprint density at radius 1 is 1.30 bits per heavy atom. The number of anilines is 1. The summed E-state index contributed by atoms with van der Waals surface area (Å²) in [6, 6.07) is 5.71. The van der Waals surface area contributed by atoms with Crippen LogP contribution in [0.25, 0.3) is 0 Å². The molecule has 0 spiro atoms. The lowest BCUT2D eigenvalue weighted by Crippen LogP contribution is -2.35. The van der Waals surface area contributed by atoms with Crippen molar-refractivity contribution in [2.45, 2.75) is 0 Å². The molecule has 0 bridgehead atoms. The summed E-state index contributed by atoms with van der Waals surface area (Å²) in [5.41, 5.74) is 0.530. The van der Waals surface area contributed by atoms with E-state index in [-0.39, 0.29) is 11.4 Å². The molecule has 2 rings (SSSR count). The smallest absolute Gasteiger partial charge is 0.323 e. The molecule has 1 aromatic carbocycles. The van der Waals surface area contributed by atoms with Gasteiger partial charge in [0.2, 0.25) is 0 Å².